The van der Waals surface area contributed by atoms with Gasteiger partial charge >= 0.3 is 5.69 Å². The first kappa shape index (κ1) is 11.7. The summed E-state index contributed by atoms with van der Waals surface area (Å²) in [7, 11) is 0. The quantitative estimate of drug-likeness (QED) is 0.861. The van der Waals surface area contributed by atoms with Crippen molar-refractivity contribution in [3.05, 3.63) is 58.8 Å². The standard InChI is InChI=1S/C14H18N2O/c1-14(2,16-11-10-15-13(16)17)9-8-12-6-4-3-5-7-12/h3-7,10-11H,8-9H2,1-2H3,(H,15,17). The first-order chi connectivity index (χ1) is 8.09. The van der Waals surface area contributed by atoms with Crippen LogP contribution in [0.25, 0.3) is 0 Å². The zero-order chi connectivity index (χ0) is 12.3. The molecular weight excluding hydrogens is 212 g/mol. The average molecular weight is 230 g/mol. The number of nitrogens with zero attached hydrogens (tertiary/aromatic N) is 1. The van der Waals surface area contributed by atoms with Crippen LogP contribution in [0.4, 0.5) is 0 Å². The zero-order valence-electron chi connectivity index (χ0n) is 10.3. The third-order valence-electron chi connectivity index (χ3n) is 3.17. The van der Waals surface area contributed by atoms with E-state index in [9.17, 15) is 4.79 Å². The molecule has 0 aliphatic rings. The van der Waals surface area contributed by atoms with Crippen LogP contribution < -0.4 is 5.69 Å². The zero-order valence-corrected chi connectivity index (χ0v) is 10.3. The Hall–Kier alpha value is -1.77. The van der Waals surface area contributed by atoms with E-state index in [0.29, 0.717) is 0 Å². The Morgan fingerprint density at radius 2 is 1.94 bits per heavy atom. The average Bonchev–Trinajstić information content (AvgIpc) is 2.75. The highest BCUT2D eigenvalue weighted by molar-refractivity contribution is 5.15. The minimum absolute atomic E-state index is 0.0388. The van der Waals surface area contributed by atoms with Gasteiger partial charge in [-0.3, -0.25) is 4.57 Å². The van der Waals surface area contributed by atoms with Gasteiger partial charge in [-0.1, -0.05) is 30.3 Å². The molecule has 1 aromatic heterocycles. The smallest absolute Gasteiger partial charge is 0.313 e. The summed E-state index contributed by atoms with van der Waals surface area (Å²) in [4.78, 5) is 14.3. The van der Waals surface area contributed by atoms with E-state index >= 15 is 0 Å². The lowest BCUT2D eigenvalue weighted by Crippen LogP contribution is -2.34. The third-order valence-corrected chi connectivity index (χ3v) is 3.17. The predicted octanol–water partition coefficient (Wildman–Crippen LogP) is 2.54. The summed E-state index contributed by atoms with van der Waals surface area (Å²) in [6, 6.07) is 10.4. The number of imidazole rings is 1. The Bertz CT molecular complexity index is 522. The molecule has 17 heavy (non-hydrogen) atoms. The summed E-state index contributed by atoms with van der Waals surface area (Å²) in [6.07, 6.45) is 5.42. The Balaban J connectivity index is 2.09. The van der Waals surface area contributed by atoms with Gasteiger partial charge in [0.05, 0.1) is 0 Å². The molecule has 0 saturated heterocycles. The summed E-state index contributed by atoms with van der Waals surface area (Å²) in [6.45, 7) is 4.18. The van der Waals surface area contributed by atoms with Gasteiger partial charge < -0.3 is 4.98 Å². The van der Waals surface area contributed by atoms with Gasteiger partial charge in [0.2, 0.25) is 0 Å². The molecule has 0 spiro atoms. The third kappa shape index (κ3) is 2.67. The Kier molecular flexibility index (Phi) is 3.18. The van der Waals surface area contributed by atoms with Crippen molar-refractivity contribution in [2.45, 2.75) is 32.2 Å². The number of aromatic nitrogens is 2. The Morgan fingerprint density at radius 1 is 1.24 bits per heavy atom. The van der Waals surface area contributed by atoms with E-state index in [2.05, 4.69) is 31.0 Å². The maximum Gasteiger partial charge on any atom is 0.325 e. The lowest BCUT2D eigenvalue weighted by molar-refractivity contribution is 0.319. The Labute approximate surface area is 101 Å². The normalized spacial score (nSPS) is 11.6. The second-order valence-corrected chi connectivity index (χ2v) is 4.93. The van der Waals surface area contributed by atoms with Crippen LogP contribution in [0.5, 0.6) is 0 Å². The molecule has 0 radical (unpaired) electrons. The number of benzene rings is 1. The molecular formula is C14H18N2O. The molecule has 0 amide bonds. The Morgan fingerprint density at radius 3 is 2.53 bits per heavy atom. The first-order valence-electron chi connectivity index (χ1n) is 5.90. The van der Waals surface area contributed by atoms with Gasteiger partial charge in [0, 0.05) is 17.9 Å². The highest BCUT2D eigenvalue weighted by atomic mass is 16.1. The molecule has 1 aromatic carbocycles. The molecule has 3 nitrogen and oxygen atoms in total. The maximum absolute atomic E-state index is 11.6. The van der Waals surface area contributed by atoms with E-state index in [0.717, 1.165) is 12.8 Å². The molecule has 0 bridgehead atoms. The minimum atomic E-state index is -0.160. The molecule has 3 heteroatoms. The summed E-state index contributed by atoms with van der Waals surface area (Å²) in [5.41, 5.74) is 1.11. The second-order valence-electron chi connectivity index (χ2n) is 4.93. The van der Waals surface area contributed by atoms with Gasteiger partial charge in [-0.05, 0) is 32.3 Å². The van der Waals surface area contributed by atoms with Crippen molar-refractivity contribution in [3.8, 4) is 0 Å². The summed E-state index contributed by atoms with van der Waals surface area (Å²) < 4.78 is 1.76. The van der Waals surface area contributed by atoms with E-state index in [1.54, 1.807) is 10.8 Å². The fourth-order valence-electron chi connectivity index (χ4n) is 2.01. The number of nitrogens with one attached hydrogen (secondary N) is 1. The van der Waals surface area contributed by atoms with Gasteiger partial charge in [-0.25, -0.2) is 4.79 Å². The molecule has 0 aliphatic heterocycles. The highest BCUT2D eigenvalue weighted by Gasteiger charge is 2.21. The van der Waals surface area contributed by atoms with Crippen LogP contribution >= 0.6 is 0 Å². The summed E-state index contributed by atoms with van der Waals surface area (Å²) in [5.74, 6) is 0. The van der Waals surface area contributed by atoms with Crippen molar-refractivity contribution in [1.29, 1.82) is 0 Å². The molecule has 0 fully saturated rings. The topological polar surface area (TPSA) is 37.8 Å². The van der Waals surface area contributed by atoms with E-state index in [1.165, 1.54) is 5.56 Å². The number of hydrogen-bond donors (Lipinski definition) is 1. The van der Waals surface area contributed by atoms with Crippen LogP contribution in [0, 0.1) is 0 Å². The van der Waals surface area contributed by atoms with Crippen LogP contribution in [0.1, 0.15) is 25.8 Å². The SMILES string of the molecule is CC(C)(CCc1ccccc1)n1cc[nH]c1=O. The van der Waals surface area contributed by atoms with Crippen LogP contribution in [-0.2, 0) is 12.0 Å². The van der Waals surface area contributed by atoms with Gasteiger partial charge in [0.25, 0.3) is 0 Å². The molecule has 90 valence electrons. The van der Waals surface area contributed by atoms with Crippen molar-refractivity contribution in [2.24, 2.45) is 0 Å². The number of H-pyrrole nitrogens is 1. The van der Waals surface area contributed by atoms with E-state index in [1.807, 2.05) is 24.4 Å². The monoisotopic (exact) mass is 230 g/mol. The molecule has 0 aliphatic carbocycles. The second kappa shape index (κ2) is 4.62. The molecule has 1 N–H and O–H groups in total. The first-order valence-corrected chi connectivity index (χ1v) is 5.90. The minimum Gasteiger partial charge on any atom is -0.313 e. The molecule has 0 atom stereocenters. The van der Waals surface area contributed by atoms with Crippen LogP contribution in [0.15, 0.2) is 47.5 Å². The highest BCUT2D eigenvalue weighted by Crippen LogP contribution is 2.20. The fraction of sp³-hybridized carbons (Fsp3) is 0.357. The van der Waals surface area contributed by atoms with Gasteiger partial charge in [0.1, 0.15) is 0 Å². The van der Waals surface area contributed by atoms with E-state index in [-0.39, 0.29) is 11.2 Å². The van der Waals surface area contributed by atoms with E-state index in [4.69, 9.17) is 0 Å². The van der Waals surface area contributed by atoms with Gasteiger partial charge in [0.15, 0.2) is 0 Å². The van der Waals surface area contributed by atoms with Gasteiger partial charge in [-0.2, -0.15) is 0 Å². The van der Waals surface area contributed by atoms with Crippen molar-refractivity contribution in [3.63, 3.8) is 0 Å². The largest absolute Gasteiger partial charge is 0.325 e. The summed E-state index contributed by atoms with van der Waals surface area (Å²) >= 11 is 0. The van der Waals surface area contributed by atoms with Crippen molar-refractivity contribution in [2.75, 3.05) is 0 Å². The lowest BCUT2D eigenvalue weighted by atomic mass is 9.95. The molecule has 0 saturated carbocycles. The van der Waals surface area contributed by atoms with Crippen LogP contribution in [0.2, 0.25) is 0 Å². The van der Waals surface area contributed by atoms with E-state index < -0.39 is 0 Å². The number of aryl methyl sites for hydroxylation is 1. The predicted molar refractivity (Wildman–Crippen MR) is 69.1 cm³/mol. The molecule has 1 heterocycles. The van der Waals surface area contributed by atoms with Crippen molar-refractivity contribution >= 4 is 0 Å². The summed E-state index contributed by atoms with van der Waals surface area (Å²) in [5, 5.41) is 0. The maximum atomic E-state index is 11.6. The lowest BCUT2D eigenvalue weighted by Gasteiger charge is -2.25. The molecule has 2 rings (SSSR count). The number of rotatable bonds is 4. The van der Waals surface area contributed by atoms with Crippen molar-refractivity contribution < 1.29 is 0 Å². The number of hydrogen-bond acceptors (Lipinski definition) is 1. The molecule has 0 unspecified atom stereocenters. The fourth-order valence-corrected chi connectivity index (χ4v) is 2.01. The van der Waals surface area contributed by atoms with Crippen LogP contribution in [0.3, 0.4) is 0 Å². The van der Waals surface area contributed by atoms with Crippen LogP contribution in [-0.4, -0.2) is 9.55 Å². The number of aromatic amines is 1. The molecule has 2 aromatic rings. The van der Waals surface area contributed by atoms with Gasteiger partial charge in [-0.15, -0.1) is 0 Å². The van der Waals surface area contributed by atoms with Crippen molar-refractivity contribution in [1.82, 2.24) is 9.55 Å².